The van der Waals surface area contributed by atoms with E-state index >= 15 is 0 Å². The molecule has 0 N–H and O–H groups in total. The van der Waals surface area contributed by atoms with Crippen molar-refractivity contribution in [3.05, 3.63) is 76.9 Å². The predicted octanol–water partition coefficient (Wildman–Crippen LogP) is 7.88. The van der Waals surface area contributed by atoms with E-state index in [1.54, 1.807) is 31.2 Å². The zero-order valence-corrected chi connectivity index (χ0v) is 15.4. The third-order valence-electron chi connectivity index (χ3n) is 4.27. The molecular weight excluding hydrogens is 385 g/mol. The monoisotopic (exact) mass is 405 g/mol. The standard InChI is InChI=1S/C19H20F5NOS/c1-2-3-14-17-19(27(20,21,22,23)24)18(15-10-6-4-7-11-15)25(26-17)16-12-8-5-9-13-16/h4-13,18H,2-3,14H2,1H3. The highest BCUT2D eigenvalue weighted by atomic mass is 32.5. The van der Waals surface area contributed by atoms with Crippen LogP contribution in [0, 0.1) is 0 Å². The molecule has 0 amide bonds. The Hall–Kier alpha value is -2.22. The van der Waals surface area contributed by atoms with Gasteiger partial charge in [0.25, 0.3) is 0 Å². The Morgan fingerprint density at radius 3 is 1.96 bits per heavy atom. The molecule has 0 aliphatic carbocycles. The van der Waals surface area contributed by atoms with Crippen molar-refractivity contribution in [3.63, 3.8) is 0 Å². The minimum absolute atomic E-state index is 0.0936. The van der Waals surface area contributed by atoms with Crippen molar-refractivity contribution in [3.8, 4) is 0 Å². The fourth-order valence-electron chi connectivity index (χ4n) is 3.11. The summed E-state index contributed by atoms with van der Waals surface area (Å²) in [6, 6.07) is 13.7. The number of hydroxylamine groups is 1. The molecule has 1 heterocycles. The highest BCUT2D eigenvalue weighted by molar-refractivity contribution is 8.48. The minimum Gasteiger partial charge on any atom is -0.382 e. The number of nitrogens with zero attached hydrogens (tertiary/aromatic N) is 1. The summed E-state index contributed by atoms with van der Waals surface area (Å²) >= 11 is 0. The average Bonchev–Trinajstić information content (AvgIpc) is 3.01. The molecule has 0 bridgehead atoms. The van der Waals surface area contributed by atoms with Crippen LogP contribution in [-0.2, 0) is 4.84 Å². The molecule has 27 heavy (non-hydrogen) atoms. The maximum absolute atomic E-state index is 14.1. The molecule has 8 heteroatoms. The third kappa shape index (κ3) is 4.21. The molecule has 0 radical (unpaired) electrons. The van der Waals surface area contributed by atoms with Crippen molar-refractivity contribution in [2.24, 2.45) is 0 Å². The van der Waals surface area contributed by atoms with Crippen LogP contribution in [0.5, 0.6) is 0 Å². The molecule has 1 unspecified atom stereocenters. The van der Waals surface area contributed by atoms with Crippen molar-refractivity contribution in [1.29, 1.82) is 0 Å². The van der Waals surface area contributed by atoms with E-state index in [1.807, 2.05) is 0 Å². The van der Waals surface area contributed by atoms with Crippen molar-refractivity contribution < 1.29 is 24.3 Å². The van der Waals surface area contributed by atoms with Crippen LogP contribution in [-0.4, -0.2) is 0 Å². The highest BCUT2D eigenvalue weighted by Gasteiger charge is 2.73. The van der Waals surface area contributed by atoms with Crippen LogP contribution in [0.2, 0.25) is 0 Å². The predicted molar refractivity (Wildman–Crippen MR) is 98.9 cm³/mol. The SMILES string of the molecule is CCCCC1=C(S(F)(F)(F)(F)F)C(c2ccccc2)N(c2ccccc2)O1. The van der Waals surface area contributed by atoms with Gasteiger partial charge in [0.05, 0.1) is 5.69 Å². The Morgan fingerprint density at radius 2 is 1.44 bits per heavy atom. The number of allylic oxidation sites excluding steroid dienone is 1. The van der Waals surface area contributed by atoms with Gasteiger partial charge < -0.3 is 4.84 Å². The molecule has 2 aromatic carbocycles. The third-order valence-corrected chi connectivity index (χ3v) is 5.55. The number of benzene rings is 2. The summed E-state index contributed by atoms with van der Waals surface area (Å²) in [4.78, 5) is 3.58. The quantitative estimate of drug-likeness (QED) is 0.453. The number of unbranched alkanes of at least 4 members (excludes halogenated alkanes) is 1. The lowest BCUT2D eigenvalue weighted by atomic mass is 10.0. The van der Waals surface area contributed by atoms with Gasteiger partial charge in [-0.3, -0.25) is 0 Å². The molecule has 3 rings (SSSR count). The van der Waals surface area contributed by atoms with Crippen molar-refractivity contribution in [1.82, 2.24) is 0 Å². The van der Waals surface area contributed by atoms with Gasteiger partial charge in [-0.1, -0.05) is 81.3 Å². The lowest BCUT2D eigenvalue weighted by molar-refractivity contribution is 0.185. The zero-order chi connectivity index (χ0) is 19.8. The number of rotatable bonds is 6. The number of para-hydroxylation sites is 1. The summed E-state index contributed by atoms with van der Waals surface area (Å²) < 4.78 is 70.3. The molecule has 2 aromatic rings. The van der Waals surface area contributed by atoms with E-state index in [1.165, 1.54) is 36.4 Å². The maximum atomic E-state index is 14.1. The fourth-order valence-corrected chi connectivity index (χ4v) is 4.33. The van der Waals surface area contributed by atoms with Crippen LogP contribution in [0.15, 0.2) is 71.3 Å². The summed E-state index contributed by atoms with van der Waals surface area (Å²) in [5, 5.41) is 0.938. The summed E-state index contributed by atoms with van der Waals surface area (Å²) in [6.07, 6.45) is 0.669. The average molecular weight is 405 g/mol. The van der Waals surface area contributed by atoms with E-state index in [0.29, 0.717) is 12.8 Å². The molecule has 1 atom stereocenters. The number of halogens is 5. The van der Waals surface area contributed by atoms with Crippen LogP contribution in [0.3, 0.4) is 0 Å². The fraction of sp³-hybridized carbons (Fsp3) is 0.263. The van der Waals surface area contributed by atoms with E-state index in [-0.39, 0.29) is 17.7 Å². The van der Waals surface area contributed by atoms with Gasteiger partial charge in [-0.05, 0) is 24.1 Å². The first-order valence-corrected chi connectivity index (χ1v) is 10.5. The van der Waals surface area contributed by atoms with Crippen LogP contribution < -0.4 is 5.06 Å². The van der Waals surface area contributed by atoms with Crippen LogP contribution in [0.1, 0.15) is 37.8 Å². The van der Waals surface area contributed by atoms with Crippen LogP contribution in [0.25, 0.3) is 0 Å². The summed E-state index contributed by atoms with van der Waals surface area (Å²) in [5.41, 5.74) is 0.369. The first-order valence-electron chi connectivity index (χ1n) is 8.55. The molecule has 0 aromatic heterocycles. The van der Waals surface area contributed by atoms with E-state index in [9.17, 15) is 19.4 Å². The highest BCUT2D eigenvalue weighted by Crippen LogP contribution is 3.04. The van der Waals surface area contributed by atoms with Crippen molar-refractivity contribution in [2.45, 2.75) is 32.2 Å². The van der Waals surface area contributed by atoms with Gasteiger partial charge in [-0.2, -0.15) is 5.06 Å². The smallest absolute Gasteiger partial charge is 0.312 e. The van der Waals surface area contributed by atoms with Gasteiger partial charge in [0, 0.05) is 6.42 Å². The Morgan fingerprint density at radius 1 is 0.889 bits per heavy atom. The molecule has 1 aliphatic heterocycles. The van der Waals surface area contributed by atoms with Crippen LogP contribution >= 0.6 is 10.2 Å². The molecule has 1 aliphatic rings. The van der Waals surface area contributed by atoms with Gasteiger partial charge in [0.15, 0.2) is 10.7 Å². The van der Waals surface area contributed by atoms with Gasteiger partial charge in [-0.25, -0.2) is 0 Å². The molecule has 2 nitrogen and oxygen atoms in total. The van der Waals surface area contributed by atoms with Gasteiger partial charge in [0.2, 0.25) is 0 Å². The Kier molecular flexibility index (Phi) is 4.45. The largest absolute Gasteiger partial charge is 0.382 e. The van der Waals surface area contributed by atoms with E-state index < -0.39 is 26.9 Å². The number of hydrogen-bond donors (Lipinski definition) is 0. The maximum Gasteiger partial charge on any atom is 0.312 e. The normalized spacial score (nSPS) is 20.2. The van der Waals surface area contributed by atoms with Crippen LogP contribution in [0.4, 0.5) is 25.1 Å². The van der Waals surface area contributed by atoms with E-state index in [2.05, 4.69) is 0 Å². The molecule has 0 fully saturated rings. The van der Waals surface area contributed by atoms with E-state index in [4.69, 9.17) is 4.84 Å². The first-order chi connectivity index (χ1) is 12.5. The van der Waals surface area contributed by atoms with Crippen molar-refractivity contribution >= 4 is 15.9 Å². The number of anilines is 1. The Balaban J connectivity index is 2.22. The minimum atomic E-state index is -9.98. The van der Waals surface area contributed by atoms with Gasteiger partial charge >= 0.3 is 10.2 Å². The lowest BCUT2D eigenvalue weighted by Crippen LogP contribution is -2.26. The molecule has 0 saturated heterocycles. The Labute approximate surface area is 154 Å². The summed E-state index contributed by atoms with van der Waals surface area (Å²) in [6.45, 7) is 1.78. The van der Waals surface area contributed by atoms with Gasteiger partial charge in [0.1, 0.15) is 6.04 Å². The second-order valence-corrected chi connectivity index (χ2v) is 8.80. The zero-order valence-electron chi connectivity index (χ0n) is 14.6. The summed E-state index contributed by atoms with van der Waals surface area (Å²) in [7, 11) is -9.98. The molecule has 0 saturated carbocycles. The molecular formula is C19H20F5NOS. The number of hydrogen-bond acceptors (Lipinski definition) is 2. The first kappa shape index (κ1) is 19.5. The second-order valence-electron chi connectivity index (χ2n) is 6.43. The summed E-state index contributed by atoms with van der Waals surface area (Å²) in [5.74, 6) is -0.700. The topological polar surface area (TPSA) is 12.5 Å². The second kappa shape index (κ2) is 6.15. The Bertz CT molecular complexity index is 837. The van der Waals surface area contributed by atoms with E-state index in [0.717, 1.165) is 5.06 Å². The molecule has 148 valence electrons. The molecule has 0 spiro atoms. The van der Waals surface area contributed by atoms with Crippen molar-refractivity contribution in [2.75, 3.05) is 5.06 Å². The lowest BCUT2D eigenvalue weighted by Gasteiger charge is -2.43. The van der Waals surface area contributed by atoms with Gasteiger partial charge in [-0.15, -0.1) is 0 Å².